The largest absolute Gasteiger partial charge is 0.326 e. The lowest BCUT2D eigenvalue weighted by atomic mass is 10.2. The van der Waals surface area contributed by atoms with Crippen LogP contribution in [0.3, 0.4) is 0 Å². The molecule has 0 aromatic heterocycles. The maximum absolute atomic E-state index is 12.0. The number of unbranched alkanes of at least 4 members (excludes halogenated alkanes) is 1. The molecular formula is C14H19ClN2O3S. The Morgan fingerprint density at radius 3 is 2.81 bits per heavy atom. The van der Waals surface area contributed by atoms with Crippen LogP contribution in [0.2, 0.25) is 5.02 Å². The number of hydrogen-bond donors (Lipinski definition) is 1. The Bertz CT molecular complexity index is 631. The van der Waals surface area contributed by atoms with Crippen LogP contribution in [0.4, 0.5) is 11.4 Å². The van der Waals surface area contributed by atoms with Crippen molar-refractivity contribution in [2.75, 3.05) is 21.9 Å². The molecule has 1 saturated heterocycles. The lowest BCUT2D eigenvalue weighted by molar-refractivity contribution is -0.116. The SMILES string of the molecule is CCCCC(=O)Nc1ccc(Cl)c(N2CCCS2(=O)=O)c1. The minimum atomic E-state index is -3.29. The number of halogens is 1. The van der Waals surface area contributed by atoms with Crippen LogP contribution in [-0.2, 0) is 14.8 Å². The van der Waals surface area contributed by atoms with Crippen molar-refractivity contribution in [1.29, 1.82) is 0 Å². The topological polar surface area (TPSA) is 66.5 Å². The highest BCUT2D eigenvalue weighted by atomic mass is 35.5. The number of carbonyl (C=O) groups excluding carboxylic acids is 1. The van der Waals surface area contributed by atoms with Gasteiger partial charge >= 0.3 is 0 Å². The number of sulfonamides is 1. The van der Waals surface area contributed by atoms with Crippen molar-refractivity contribution >= 4 is 38.9 Å². The highest BCUT2D eigenvalue weighted by Crippen LogP contribution is 2.33. The van der Waals surface area contributed by atoms with Gasteiger partial charge < -0.3 is 5.32 Å². The Morgan fingerprint density at radius 2 is 2.19 bits per heavy atom. The van der Waals surface area contributed by atoms with E-state index in [0.29, 0.717) is 35.8 Å². The molecule has 0 unspecified atom stereocenters. The highest BCUT2D eigenvalue weighted by molar-refractivity contribution is 7.93. The van der Waals surface area contributed by atoms with E-state index in [-0.39, 0.29) is 11.7 Å². The van der Waals surface area contributed by atoms with Crippen LogP contribution in [-0.4, -0.2) is 26.6 Å². The van der Waals surface area contributed by atoms with Crippen LogP contribution >= 0.6 is 11.6 Å². The molecule has 0 aliphatic carbocycles. The number of nitrogens with zero attached hydrogens (tertiary/aromatic N) is 1. The summed E-state index contributed by atoms with van der Waals surface area (Å²) < 4.78 is 25.3. The number of amides is 1. The molecule has 1 aliphatic heterocycles. The molecule has 1 heterocycles. The summed E-state index contributed by atoms with van der Waals surface area (Å²) in [6, 6.07) is 4.91. The van der Waals surface area contributed by atoms with E-state index >= 15 is 0 Å². The summed E-state index contributed by atoms with van der Waals surface area (Å²) in [4.78, 5) is 11.7. The van der Waals surface area contributed by atoms with Gasteiger partial charge in [0.25, 0.3) is 0 Å². The first-order valence-electron chi connectivity index (χ1n) is 7.04. The zero-order valence-electron chi connectivity index (χ0n) is 11.9. The van der Waals surface area contributed by atoms with Gasteiger partial charge in [0, 0.05) is 18.7 Å². The molecule has 5 nitrogen and oxygen atoms in total. The van der Waals surface area contributed by atoms with Gasteiger partial charge in [0.1, 0.15) is 0 Å². The van der Waals surface area contributed by atoms with E-state index < -0.39 is 10.0 Å². The highest BCUT2D eigenvalue weighted by Gasteiger charge is 2.30. The molecule has 1 fully saturated rings. The van der Waals surface area contributed by atoms with Gasteiger partial charge in [-0.25, -0.2) is 8.42 Å². The Morgan fingerprint density at radius 1 is 1.43 bits per heavy atom. The second kappa shape index (κ2) is 6.66. The lowest BCUT2D eigenvalue weighted by Gasteiger charge is -2.19. The second-order valence-corrected chi connectivity index (χ2v) is 7.48. The van der Waals surface area contributed by atoms with E-state index in [1.165, 1.54) is 4.31 Å². The minimum absolute atomic E-state index is 0.0746. The molecule has 2 rings (SSSR count). The van der Waals surface area contributed by atoms with Gasteiger partial charge in [0.05, 0.1) is 16.5 Å². The molecular weight excluding hydrogens is 312 g/mol. The Hall–Kier alpha value is -1.27. The fourth-order valence-corrected chi connectivity index (χ4v) is 4.09. The molecule has 116 valence electrons. The second-order valence-electron chi connectivity index (χ2n) is 5.06. The number of anilines is 2. The molecule has 0 bridgehead atoms. The molecule has 1 amide bonds. The van der Waals surface area contributed by atoms with E-state index in [2.05, 4.69) is 5.32 Å². The average molecular weight is 331 g/mol. The van der Waals surface area contributed by atoms with Gasteiger partial charge in [0.2, 0.25) is 15.9 Å². The van der Waals surface area contributed by atoms with Gasteiger partial charge in [-0.1, -0.05) is 24.9 Å². The molecule has 0 saturated carbocycles. The molecule has 0 radical (unpaired) electrons. The van der Waals surface area contributed by atoms with E-state index in [9.17, 15) is 13.2 Å². The van der Waals surface area contributed by atoms with Crippen LogP contribution < -0.4 is 9.62 Å². The van der Waals surface area contributed by atoms with E-state index in [4.69, 9.17) is 11.6 Å². The molecule has 1 aromatic carbocycles. The summed E-state index contributed by atoms with van der Waals surface area (Å²) in [7, 11) is -3.29. The van der Waals surface area contributed by atoms with Crippen LogP contribution in [0, 0.1) is 0 Å². The van der Waals surface area contributed by atoms with Crippen molar-refractivity contribution in [3.8, 4) is 0 Å². The monoisotopic (exact) mass is 330 g/mol. The van der Waals surface area contributed by atoms with E-state index in [1.54, 1.807) is 18.2 Å². The first-order valence-corrected chi connectivity index (χ1v) is 9.02. The summed E-state index contributed by atoms with van der Waals surface area (Å²) in [5.74, 6) is 0.0607. The Balaban J connectivity index is 2.20. The molecule has 21 heavy (non-hydrogen) atoms. The molecule has 7 heteroatoms. The summed E-state index contributed by atoms with van der Waals surface area (Å²) in [5, 5.41) is 3.14. The molecule has 0 spiro atoms. The zero-order chi connectivity index (χ0) is 15.5. The third-order valence-corrected chi connectivity index (χ3v) is 5.53. The van der Waals surface area contributed by atoms with Crippen molar-refractivity contribution in [1.82, 2.24) is 0 Å². The van der Waals surface area contributed by atoms with Gasteiger partial charge in [-0.15, -0.1) is 0 Å². The number of benzene rings is 1. The normalized spacial score (nSPS) is 17.0. The molecule has 1 N–H and O–H groups in total. The van der Waals surface area contributed by atoms with Crippen molar-refractivity contribution in [3.05, 3.63) is 23.2 Å². The van der Waals surface area contributed by atoms with Crippen LogP contribution in [0.5, 0.6) is 0 Å². The number of rotatable bonds is 5. The zero-order valence-corrected chi connectivity index (χ0v) is 13.5. The predicted octanol–water partition coefficient (Wildman–Crippen LogP) is 3.01. The van der Waals surface area contributed by atoms with Crippen molar-refractivity contribution in [2.24, 2.45) is 0 Å². The van der Waals surface area contributed by atoms with Crippen LogP contribution in [0.25, 0.3) is 0 Å². The first kappa shape index (κ1) is 16.1. The maximum atomic E-state index is 12.0. The van der Waals surface area contributed by atoms with Gasteiger partial charge in [-0.3, -0.25) is 9.10 Å². The molecule has 1 aliphatic rings. The summed E-state index contributed by atoms with van der Waals surface area (Å²) in [6.45, 7) is 2.45. The smallest absolute Gasteiger partial charge is 0.235 e. The van der Waals surface area contributed by atoms with Crippen LogP contribution in [0.1, 0.15) is 32.6 Å². The first-order chi connectivity index (χ1) is 9.94. The fraction of sp³-hybridized carbons (Fsp3) is 0.500. The van der Waals surface area contributed by atoms with Crippen molar-refractivity contribution in [3.63, 3.8) is 0 Å². The number of hydrogen-bond acceptors (Lipinski definition) is 3. The lowest BCUT2D eigenvalue weighted by Crippen LogP contribution is -2.25. The summed E-state index contributed by atoms with van der Waals surface area (Å²) >= 11 is 6.10. The maximum Gasteiger partial charge on any atom is 0.235 e. The van der Waals surface area contributed by atoms with E-state index in [1.807, 2.05) is 6.92 Å². The number of nitrogens with one attached hydrogen (secondary N) is 1. The summed E-state index contributed by atoms with van der Waals surface area (Å²) in [6.07, 6.45) is 2.82. The molecule has 1 aromatic rings. The Labute approximate surface area is 130 Å². The third kappa shape index (κ3) is 3.89. The standard InChI is InChI=1S/C14H19ClN2O3S/c1-2-3-5-14(18)16-11-6-7-12(15)13(10-11)17-8-4-9-21(17,19)20/h6-7,10H,2-5,8-9H2,1H3,(H,16,18). The predicted molar refractivity (Wildman–Crippen MR) is 85.4 cm³/mol. The Kier molecular flexibility index (Phi) is 5.11. The van der Waals surface area contributed by atoms with E-state index in [0.717, 1.165) is 12.8 Å². The van der Waals surface area contributed by atoms with Gasteiger partial charge in [-0.05, 0) is 31.0 Å². The fourth-order valence-electron chi connectivity index (χ4n) is 2.25. The number of carbonyl (C=O) groups is 1. The minimum Gasteiger partial charge on any atom is -0.326 e. The van der Waals surface area contributed by atoms with Gasteiger partial charge in [-0.2, -0.15) is 0 Å². The molecule has 0 atom stereocenters. The average Bonchev–Trinajstić information content (AvgIpc) is 2.78. The van der Waals surface area contributed by atoms with Crippen molar-refractivity contribution in [2.45, 2.75) is 32.6 Å². The van der Waals surface area contributed by atoms with Crippen molar-refractivity contribution < 1.29 is 13.2 Å². The van der Waals surface area contributed by atoms with Crippen LogP contribution in [0.15, 0.2) is 18.2 Å². The third-order valence-electron chi connectivity index (χ3n) is 3.36. The van der Waals surface area contributed by atoms with Gasteiger partial charge in [0.15, 0.2) is 0 Å². The summed E-state index contributed by atoms with van der Waals surface area (Å²) in [5.41, 5.74) is 1.00. The quantitative estimate of drug-likeness (QED) is 0.902.